The number of esters is 1. The summed E-state index contributed by atoms with van der Waals surface area (Å²) in [6.07, 6.45) is -1.76. The van der Waals surface area contributed by atoms with Crippen molar-refractivity contribution in [2.75, 3.05) is 12.4 Å². The lowest BCUT2D eigenvalue weighted by Gasteiger charge is -2.40. The molecule has 2 aromatic carbocycles. The molecule has 1 atom stereocenters. The summed E-state index contributed by atoms with van der Waals surface area (Å²) < 4.78 is 78.4. The van der Waals surface area contributed by atoms with E-state index in [2.05, 4.69) is 10.4 Å². The number of amides is 1. The van der Waals surface area contributed by atoms with Crippen molar-refractivity contribution in [1.82, 2.24) is 9.78 Å². The molecule has 1 aliphatic carbocycles. The Kier molecular flexibility index (Phi) is 7.18. The van der Waals surface area contributed by atoms with Gasteiger partial charge >= 0.3 is 22.3 Å². The van der Waals surface area contributed by atoms with Crippen molar-refractivity contribution in [3.63, 3.8) is 0 Å². The Morgan fingerprint density at radius 3 is 2.10 bits per heavy atom. The van der Waals surface area contributed by atoms with Gasteiger partial charge in [-0.15, -0.1) is 0 Å². The van der Waals surface area contributed by atoms with Gasteiger partial charge in [-0.1, -0.05) is 54.8 Å². The molecule has 0 saturated heterocycles. The number of nitrogens with zero attached hydrogens (tertiary/aromatic N) is 4. The number of rotatable bonds is 7. The number of carbonyl (C=O) groups excluding carboxylic acids is 2. The maximum absolute atomic E-state index is 13.5. The number of nitrogens with one attached hydrogen (secondary N) is 1. The zero-order valence-corrected chi connectivity index (χ0v) is 23.8. The average Bonchev–Trinajstić information content (AvgIpc) is 3.63. The minimum absolute atomic E-state index is 0.0556. The molecular weight excluding hydrogens is 632 g/mol. The second-order valence-electron chi connectivity index (χ2n) is 9.28. The summed E-state index contributed by atoms with van der Waals surface area (Å²) in [4.78, 5) is 23.4. The first-order valence-electron chi connectivity index (χ1n) is 11.7. The Bertz CT molecular complexity index is 1690. The quantitative estimate of drug-likeness (QED) is 0.202. The van der Waals surface area contributed by atoms with E-state index in [1.807, 2.05) is 6.07 Å². The summed E-state index contributed by atoms with van der Waals surface area (Å²) in [5.41, 5.74) is -1.83. The van der Waals surface area contributed by atoms with E-state index < -0.39 is 65.9 Å². The first-order valence-corrected chi connectivity index (χ1v) is 14.4. The first kappa shape index (κ1) is 30.9. The minimum atomic E-state index is -10.2. The number of carbonyl (C=O) groups is 2. The van der Waals surface area contributed by atoms with Crippen LogP contribution in [0.25, 0.3) is 5.69 Å². The highest BCUT2D eigenvalue weighted by Gasteiger charge is 2.66. The predicted molar refractivity (Wildman–Crippen MR) is 142 cm³/mol. The molecule has 0 radical (unpaired) electrons. The Labute approximate surface area is 245 Å². The highest BCUT2D eigenvalue weighted by molar-refractivity contribution is 8.45. The molecule has 1 N–H and O–H groups in total. The Balaban J connectivity index is 1.85. The number of ether oxygens (including phenoxy) is 2. The Morgan fingerprint density at radius 1 is 1.07 bits per heavy atom. The highest BCUT2D eigenvalue weighted by Crippen LogP contribution is 3.02. The third kappa shape index (κ3) is 5.81. The topological polar surface area (TPSA) is 130 Å². The highest BCUT2D eigenvalue weighted by atomic mass is 35.5. The lowest BCUT2D eigenvalue weighted by molar-refractivity contribution is -0.143. The Morgan fingerprint density at radius 2 is 1.64 bits per heavy atom. The maximum atomic E-state index is 13.5. The van der Waals surface area contributed by atoms with Crippen LogP contribution in [0.2, 0.25) is 10.0 Å². The molecule has 4 rings (SSSR count). The molecule has 1 aromatic heterocycles. The summed E-state index contributed by atoms with van der Waals surface area (Å²) in [6.45, 7) is 1.50. The molecule has 1 unspecified atom stereocenters. The van der Waals surface area contributed by atoms with Gasteiger partial charge in [0, 0.05) is 0 Å². The normalized spacial score (nSPS) is 16.2. The van der Waals surface area contributed by atoms with E-state index in [0.717, 1.165) is 7.11 Å². The van der Waals surface area contributed by atoms with Crippen LogP contribution in [0.4, 0.5) is 30.0 Å². The van der Waals surface area contributed by atoms with Gasteiger partial charge in [0.2, 0.25) is 0 Å². The monoisotopic (exact) mass is 649 g/mol. The summed E-state index contributed by atoms with van der Waals surface area (Å²) in [6, 6.07) is 9.64. The smallest absolute Gasteiger partial charge is 0.413 e. The maximum Gasteiger partial charge on any atom is 0.413 e. The van der Waals surface area contributed by atoms with Crippen LogP contribution >= 0.6 is 33.4 Å². The van der Waals surface area contributed by atoms with Crippen LogP contribution in [-0.2, 0) is 19.7 Å². The van der Waals surface area contributed by atoms with Crippen molar-refractivity contribution in [3.8, 4) is 17.8 Å². The number of anilines is 1. The van der Waals surface area contributed by atoms with Crippen molar-refractivity contribution >= 4 is 51.3 Å². The van der Waals surface area contributed by atoms with E-state index in [0.29, 0.717) is 15.8 Å². The lowest BCUT2D eigenvalue weighted by Crippen LogP contribution is -2.26. The minimum Gasteiger partial charge on any atom is -0.468 e. The molecule has 1 amide bonds. The van der Waals surface area contributed by atoms with Crippen LogP contribution < -0.4 is 5.32 Å². The fourth-order valence-corrected chi connectivity index (χ4v) is 5.71. The third-order valence-corrected chi connectivity index (χ3v) is 8.16. The second-order valence-corrected chi connectivity index (χ2v) is 12.5. The van der Waals surface area contributed by atoms with Gasteiger partial charge in [-0.05, 0) is 49.6 Å². The number of halogens is 7. The lowest BCUT2D eigenvalue weighted by atomic mass is 9.95. The number of hydrogen-bond donors (Lipinski definition) is 1. The van der Waals surface area contributed by atoms with Gasteiger partial charge in [-0.2, -0.15) is 15.6 Å². The molecule has 1 heterocycles. The van der Waals surface area contributed by atoms with Crippen LogP contribution in [0.3, 0.4) is 0 Å². The van der Waals surface area contributed by atoms with Crippen LogP contribution in [0.1, 0.15) is 48.3 Å². The molecule has 17 heteroatoms. The average molecular weight is 650 g/mol. The van der Waals surface area contributed by atoms with E-state index in [9.17, 15) is 34.3 Å². The van der Waals surface area contributed by atoms with Gasteiger partial charge in [0.05, 0.1) is 39.8 Å². The molecule has 222 valence electrons. The summed E-state index contributed by atoms with van der Waals surface area (Å²) >= 11 is 12.0. The largest absolute Gasteiger partial charge is 0.468 e. The van der Waals surface area contributed by atoms with Crippen molar-refractivity contribution in [2.24, 2.45) is 0 Å². The van der Waals surface area contributed by atoms with Gasteiger partial charge in [0.25, 0.3) is 0 Å². The third-order valence-electron chi connectivity index (χ3n) is 6.46. The molecular formula is C25H18Cl2F5N5O4S. The molecule has 1 aliphatic rings. The number of nitriles is 2. The van der Waals surface area contributed by atoms with E-state index >= 15 is 0 Å². The van der Waals surface area contributed by atoms with Crippen LogP contribution in [0.15, 0.2) is 41.3 Å². The number of methoxy groups -OCH3 is 1. The number of aromatic nitrogens is 2. The van der Waals surface area contributed by atoms with E-state index in [4.69, 9.17) is 37.9 Å². The Hall–Kier alpha value is -4.05. The standard InChI is InChI=1S/C25H18Cl2F5N5O4S/c1-13(15-5-3-14(11-33)4-6-15)41-24(39)35-22-20(25(7-8-25)23(38)40-2)19(12-34)36-37(22)21-17(26)9-16(10-18(21)27)42(28,29,30,31)32/h3-6,9-10,13H,7-8H2,1-2H3,(H,35,39). The van der Waals surface area contributed by atoms with Crippen molar-refractivity contribution in [1.29, 1.82) is 10.5 Å². The summed E-state index contributed by atoms with van der Waals surface area (Å²) in [7, 11) is -9.12. The fraction of sp³-hybridized carbons (Fsp3) is 0.240. The van der Waals surface area contributed by atoms with Crippen LogP contribution in [0, 0.1) is 22.7 Å². The van der Waals surface area contributed by atoms with Gasteiger partial charge in [-0.3, -0.25) is 10.1 Å². The number of benzene rings is 2. The van der Waals surface area contributed by atoms with Crippen LogP contribution in [0.5, 0.6) is 0 Å². The summed E-state index contributed by atoms with van der Waals surface area (Å²) in [5, 5.41) is 23.2. The predicted octanol–water partition coefficient (Wildman–Crippen LogP) is 8.09. The molecule has 42 heavy (non-hydrogen) atoms. The summed E-state index contributed by atoms with van der Waals surface area (Å²) in [5.74, 6) is -1.23. The molecule has 3 aromatic rings. The van der Waals surface area contributed by atoms with E-state index in [1.165, 1.54) is 31.2 Å². The van der Waals surface area contributed by atoms with Gasteiger partial charge < -0.3 is 9.47 Å². The zero-order chi connectivity index (χ0) is 31.3. The van der Waals surface area contributed by atoms with Gasteiger partial charge in [-0.25, -0.2) is 9.48 Å². The molecule has 9 nitrogen and oxygen atoms in total. The fourth-order valence-electron chi connectivity index (χ4n) is 4.25. The SMILES string of the molecule is COC(=O)C1(c2c(C#N)nn(-c3c(Cl)cc(S(F)(F)(F)(F)F)cc3Cl)c2NC(=O)OC(C)c2ccc(C#N)cc2)CC1. The molecule has 0 spiro atoms. The van der Waals surface area contributed by atoms with Gasteiger partial charge in [0.15, 0.2) is 5.69 Å². The molecule has 0 bridgehead atoms. The van der Waals surface area contributed by atoms with Crippen molar-refractivity contribution in [2.45, 2.75) is 36.2 Å². The zero-order valence-electron chi connectivity index (χ0n) is 21.4. The van der Waals surface area contributed by atoms with E-state index in [-0.39, 0.29) is 30.5 Å². The first-order chi connectivity index (χ1) is 19.3. The van der Waals surface area contributed by atoms with Crippen molar-refractivity contribution in [3.05, 3.63) is 68.8 Å². The second kappa shape index (κ2) is 9.76. The molecule has 1 fully saturated rings. The van der Waals surface area contributed by atoms with Crippen molar-refractivity contribution < 1.29 is 38.5 Å². The molecule has 0 aliphatic heterocycles. The van der Waals surface area contributed by atoms with E-state index in [1.54, 1.807) is 6.07 Å². The number of hydrogen-bond acceptors (Lipinski definition) is 7. The van der Waals surface area contributed by atoms with Gasteiger partial charge in [0.1, 0.15) is 28.6 Å². The van der Waals surface area contributed by atoms with Crippen LogP contribution in [-0.4, -0.2) is 29.0 Å². The molecule has 1 saturated carbocycles.